The van der Waals surface area contributed by atoms with Crippen molar-refractivity contribution >= 4 is 33.4 Å². The molecule has 2 aliphatic heterocycles. The van der Waals surface area contributed by atoms with Gasteiger partial charge in [-0.05, 0) is 47.0 Å². The number of ether oxygens (including phenoxy) is 1. The number of morpholine rings is 1. The third-order valence-electron chi connectivity index (χ3n) is 3.16. The van der Waals surface area contributed by atoms with E-state index in [1.807, 2.05) is 0 Å². The second-order valence-corrected chi connectivity index (χ2v) is 5.15. The smallest absolute Gasteiger partial charge is 0.263 e. The summed E-state index contributed by atoms with van der Waals surface area (Å²) in [7, 11) is 0. The van der Waals surface area contributed by atoms with Crippen LogP contribution in [-0.2, 0) is 14.3 Å². The lowest BCUT2D eigenvalue weighted by Crippen LogP contribution is -2.52. The molecule has 2 atom stereocenters. The van der Waals surface area contributed by atoms with E-state index in [0.29, 0.717) is 17.3 Å². The Morgan fingerprint density at radius 1 is 1.22 bits per heavy atom. The molecule has 2 bridgehead atoms. The van der Waals surface area contributed by atoms with Crippen LogP contribution in [0.25, 0.3) is 0 Å². The van der Waals surface area contributed by atoms with Crippen LogP contribution < -0.4 is 4.90 Å². The van der Waals surface area contributed by atoms with Gasteiger partial charge in [0.1, 0.15) is 18.0 Å². The minimum absolute atomic E-state index is 0.241. The fourth-order valence-electron chi connectivity index (χ4n) is 2.29. The second-order valence-electron chi connectivity index (χ2n) is 4.30. The molecule has 2 aliphatic rings. The SMILES string of the molecule is O=C1C2CCC(O2)C(=O)N1c1cc(F)ccc1Br. The molecule has 94 valence electrons. The van der Waals surface area contributed by atoms with Crippen LogP contribution in [0.15, 0.2) is 22.7 Å². The van der Waals surface area contributed by atoms with Crippen molar-refractivity contribution in [2.75, 3.05) is 4.90 Å². The summed E-state index contributed by atoms with van der Waals surface area (Å²) in [5.41, 5.74) is 0.241. The van der Waals surface area contributed by atoms with Crippen LogP contribution in [0.4, 0.5) is 10.1 Å². The van der Waals surface area contributed by atoms with Crippen molar-refractivity contribution in [3.63, 3.8) is 0 Å². The van der Waals surface area contributed by atoms with Gasteiger partial charge in [0.2, 0.25) is 0 Å². The maximum atomic E-state index is 13.3. The van der Waals surface area contributed by atoms with Crippen molar-refractivity contribution in [1.82, 2.24) is 0 Å². The quantitative estimate of drug-likeness (QED) is 0.745. The number of imide groups is 1. The molecule has 18 heavy (non-hydrogen) atoms. The number of rotatable bonds is 1. The van der Waals surface area contributed by atoms with E-state index in [1.54, 1.807) is 0 Å². The van der Waals surface area contributed by atoms with E-state index >= 15 is 0 Å². The summed E-state index contributed by atoms with van der Waals surface area (Å²) in [4.78, 5) is 25.2. The van der Waals surface area contributed by atoms with Crippen LogP contribution in [0, 0.1) is 5.82 Å². The maximum absolute atomic E-state index is 13.3. The predicted molar refractivity (Wildman–Crippen MR) is 64.5 cm³/mol. The van der Waals surface area contributed by atoms with Gasteiger partial charge in [-0.15, -0.1) is 0 Å². The van der Waals surface area contributed by atoms with Crippen molar-refractivity contribution in [3.8, 4) is 0 Å². The highest BCUT2D eigenvalue weighted by Gasteiger charge is 2.47. The molecule has 0 radical (unpaired) electrons. The van der Waals surface area contributed by atoms with Gasteiger partial charge in [-0.1, -0.05) is 0 Å². The summed E-state index contributed by atoms with van der Waals surface area (Å²) in [5.74, 6) is -1.33. The molecule has 0 saturated carbocycles. The van der Waals surface area contributed by atoms with E-state index in [2.05, 4.69) is 15.9 Å². The van der Waals surface area contributed by atoms with Crippen LogP contribution in [-0.4, -0.2) is 24.0 Å². The van der Waals surface area contributed by atoms with Crippen molar-refractivity contribution in [2.45, 2.75) is 25.0 Å². The molecule has 1 aromatic rings. The number of carbonyl (C=O) groups excluding carboxylic acids is 2. The van der Waals surface area contributed by atoms with Crippen LogP contribution >= 0.6 is 15.9 Å². The van der Waals surface area contributed by atoms with Gasteiger partial charge in [-0.3, -0.25) is 9.59 Å². The van der Waals surface area contributed by atoms with E-state index in [4.69, 9.17) is 4.74 Å². The Bertz CT molecular complexity index is 526. The van der Waals surface area contributed by atoms with Gasteiger partial charge in [-0.2, -0.15) is 0 Å². The van der Waals surface area contributed by atoms with Crippen LogP contribution in [0.2, 0.25) is 0 Å². The van der Waals surface area contributed by atoms with Crippen LogP contribution in [0.3, 0.4) is 0 Å². The Labute approximate surface area is 111 Å². The highest BCUT2D eigenvalue weighted by molar-refractivity contribution is 9.10. The van der Waals surface area contributed by atoms with Gasteiger partial charge in [-0.25, -0.2) is 9.29 Å². The van der Waals surface area contributed by atoms with E-state index in [0.717, 1.165) is 4.90 Å². The first-order valence-electron chi connectivity index (χ1n) is 5.56. The number of halogens is 2. The molecule has 2 amide bonds. The average molecular weight is 314 g/mol. The molecule has 3 rings (SSSR count). The minimum atomic E-state index is -0.581. The Balaban J connectivity index is 2.07. The van der Waals surface area contributed by atoms with Crippen molar-refractivity contribution in [1.29, 1.82) is 0 Å². The van der Waals surface area contributed by atoms with Crippen LogP contribution in [0.1, 0.15) is 12.8 Å². The third kappa shape index (κ3) is 1.67. The van der Waals surface area contributed by atoms with Gasteiger partial charge in [0.15, 0.2) is 0 Å². The summed E-state index contributed by atoms with van der Waals surface area (Å²) in [6.45, 7) is 0. The number of benzene rings is 1. The Morgan fingerprint density at radius 2 is 1.83 bits per heavy atom. The molecule has 0 aromatic heterocycles. The molecule has 2 unspecified atom stereocenters. The van der Waals surface area contributed by atoms with Crippen molar-refractivity contribution < 1.29 is 18.7 Å². The van der Waals surface area contributed by atoms with Gasteiger partial charge in [0.05, 0.1) is 5.69 Å². The first-order valence-corrected chi connectivity index (χ1v) is 6.35. The highest BCUT2D eigenvalue weighted by Crippen LogP contribution is 2.35. The zero-order valence-electron chi connectivity index (χ0n) is 9.23. The molecule has 6 heteroatoms. The fraction of sp³-hybridized carbons (Fsp3) is 0.333. The summed E-state index contributed by atoms with van der Waals surface area (Å²) in [6.07, 6.45) is -0.0807. The second kappa shape index (κ2) is 4.13. The monoisotopic (exact) mass is 313 g/mol. The van der Waals surface area contributed by atoms with Crippen LogP contribution in [0.5, 0.6) is 0 Å². The molecule has 2 heterocycles. The molecule has 2 saturated heterocycles. The standard InChI is InChI=1S/C12H9BrFNO3/c13-7-2-1-6(14)5-8(7)15-11(16)9-3-4-10(18-9)12(15)17/h1-2,5,9-10H,3-4H2. The summed E-state index contributed by atoms with van der Waals surface area (Å²) in [6, 6.07) is 3.91. The number of hydrogen-bond donors (Lipinski definition) is 0. The number of fused-ring (bicyclic) bond motifs is 2. The van der Waals surface area contributed by atoms with E-state index in [9.17, 15) is 14.0 Å². The Kier molecular flexibility index (Phi) is 2.71. The first-order chi connectivity index (χ1) is 8.58. The predicted octanol–water partition coefficient (Wildman–Crippen LogP) is 2.01. The van der Waals surface area contributed by atoms with E-state index < -0.39 is 29.8 Å². The van der Waals surface area contributed by atoms with Gasteiger partial charge < -0.3 is 4.74 Å². The Hall–Kier alpha value is -1.27. The highest BCUT2D eigenvalue weighted by atomic mass is 79.9. The Morgan fingerprint density at radius 3 is 2.44 bits per heavy atom. The topological polar surface area (TPSA) is 46.6 Å². The van der Waals surface area contributed by atoms with Crippen molar-refractivity contribution in [3.05, 3.63) is 28.5 Å². The van der Waals surface area contributed by atoms with Crippen molar-refractivity contribution in [2.24, 2.45) is 0 Å². The number of anilines is 1. The number of amides is 2. The van der Waals surface area contributed by atoms with E-state index in [1.165, 1.54) is 18.2 Å². The summed E-state index contributed by atoms with van der Waals surface area (Å²) in [5, 5.41) is 0. The minimum Gasteiger partial charge on any atom is -0.355 e. The zero-order chi connectivity index (χ0) is 12.9. The number of carbonyl (C=O) groups is 2. The summed E-state index contributed by atoms with van der Waals surface area (Å²) < 4.78 is 19.1. The van der Waals surface area contributed by atoms with Gasteiger partial charge in [0.25, 0.3) is 11.8 Å². The molecule has 1 aromatic carbocycles. The van der Waals surface area contributed by atoms with Gasteiger partial charge >= 0.3 is 0 Å². The number of hydrogen-bond acceptors (Lipinski definition) is 3. The molecule has 4 nitrogen and oxygen atoms in total. The lowest BCUT2D eigenvalue weighted by Gasteiger charge is -2.30. The van der Waals surface area contributed by atoms with Gasteiger partial charge in [0, 0.05) is 4.47 Å². The number of nitrogens with zero attached hydrogens (tertiary/aromatic N) is 1. The summed E-state index contributed by atoms with van der Waals surface area (Å²) >= 11 is 3.23. The molecular weight excluding hydrogens is 305 g/mol. The fourth-order valence-corrected chi connectivity index (χ4v) is 2.72. The molecular formula is C12H9BrFNO3. The maximum Gasteiger partial charge on any atom is 0.263 e. The molecule has 2 fully saturated rings. The molecule has 0 aliphatic carbocycles. The zero-order valence-corrected chi connectivity index (χ0v) is 10.8. The third-order valence-corrected chi connectivity index (χ3v) is 3.83. The average Bonchev–Trinajstić information content (AvgIpc) is 2.78. The van der Waals surface area contributed by atoms with E-state index in [-0.39, 0.29) is 5.69 Å². The normalized spacial score (nSPS) is 26.9. The molecule has 0 spiro atoms. The lowest BCUT2D eigenvalue weighted by atomic mass is 10.2. The first kappa shape index (κ1) is 11.8. The largest absolute Gasteiger partial charge is 0.355 e. The molecule has 0 N–H and O–H groups in total. The lowest BCUT2D eigenvalue weighted by molar-refractivity contribution is -0.146.